The first-order valence-corrected chi connectivity index (χ1v) is 10.6. The zero-order valence-electron chi connectivity index (χ0n) is 17.8. The smallest absolute Gasteiger partial charge is 0.417 e. The van der Waals surface area contributed by atoms with Gasteiger partial charge in [-0.2, -0.15) is 13.2 Å². The Bertz CT molecular complexity index is 1290. The first kappa shape index (κ1) is 22.0. The van der Waals surface area contributed by atoms with E-state index in [2.05, 4.69) is 0 Å². The van der Waals surface area contributed by atoms with E-state index in [0.717, 1.165) is 11.6 Å². The van der Waals surface area contributed by atoms with E-state index in [1.54, 1.807) is 12.1 Å². The minimum atomic E-state index is -4.60. The lowest BCUT2D eigenvalue weighted by Crippen LogP contribution is -2.22. The molecule has 1 heterocycles. The molecule has 0 aromatic heterocycles. The van der Waals surface area contributed by atoms with Crippen molar-refractivity contribution in [2.45, 2.75) is 30.9 Å². The molecule has 5 rings (SSSR count). The summed E-state index contributed by atoms with van der Waals surface area (Å²) in [7, 11) is 0. The molecule has 2 aliphatic rings. The number of benzene rings is 3. The van der Waals surface area contributed by atoms with Crippen LogP contribution in [0.15, 0.2) is 60.7 Å². The second-order valence-electron chi connectivity index (χ2n) is 8.51. The van der Waals surface area contributed by atoms with E-state index in [0.29, 0.717) is 29.9 Å². The number of ether oxygens (including phenoxy) is 2. The third-order valence-corrected chi connectivity index (χ3v) is 6.41. The average Bonchev–Trinajstić information content (AvgIpc) is 3.49. The molecule has 1 fully saturated rings. The Morgan fingerprint density at radius 3 is 2.26 bits per heavy atom. The molecule has 0 amide bonds. The second-order valence-corrected chi connectivity index (χ2v) is 8.51. The van der Waals surface area contributed by atoms with Crippen LogP contribution >= 0.6 is 0 Å². The Hall–Kier alpha value is -3.81. The van der Waals surface area contributed by atoms with Gasteiger partial charge >= 0.3 is 12.1 Å². The number of carboxylic acid groups (broad SMARTS) is 1. The van der Waals surface area contributed by atoms with Crippen molar-refractivity contribution in [2.24, 2.45) is 0 Å². The van der Waals surface area contributed by atoms with E-state index in [4.69, 9.17) is 14.6 Å². The van der Waals surface area contributed by atoms with Crippen molar-refractivity contribution < 1.29 is 37.3 Å². The van der Waals surface area contributed by atoms with Crippen LogP contribution in [0.3, 0.4) is 0 Å². The largest absolute Gasteiger partial charge is 0.478 e. The molecule has 8 heteroatoms. The van der Waals surface area contributed by atoms with Gasteiger partial charge in [-0.15, -0.1) is 0 Å². The van der Waals surface area contributed by atoms with E-state index in [9.17, 15) is 22.8 Å². The molecule has 174 valence electrons. The van der Waals surface area contributed by atoms with Crippen molar-refractivity contribution in [1.82, 2.24) is 0 Å². The third-order valence-electron chi connectivity index (χ3n) is 6.41. The number of aromatic carboxylic acids is 1. The van der Waals surface area contributed by atoms with Gasteiger partial charge in [-0.25, -0.2) is 4.79 Å². The maximum absolute atomic E-state index is 13.7. The van der Waals surface area contributed by atoms with Gasteiger partial charge in [0, 0.05) is 6.42 Å². The fourth-order valence-electron chi connectivity index (χ4n) is 4.38. The molecule has 1 saturated carbocycles. The lowest BCUT2D eigenvalue weighted by molar-refractivity contribution is -0.137. The first-order valence-electron chi connectivity index (χ1n) is 10.6. The number of carboxylic acids is 1. The highest BCUT2D eigenvalue weighted by molar-refractivity contribution is 5.95. The molecule has 0 unspecified atom stereocenters. The van der Waals surface area contributed by atoms with Crippen LogP contribution in [-0.2, 0) is 22.8 Å². The Labute approximate surface area is 192 Å². The zero-order valence-corrected chi connectivity index (χ0v) is 17.8. The van der Waals surface area contributed by atoms with Crippen LogP contribution in [0.25, 0.3) is 11.1 Å². The SMILES string of the molecule is O=C(O)c1ccc(-c2cc(CC(=O)C3(c4ccc5c(c4)OCO5)CC3)ccc2C(F)(F)F)cc1. The fraction of sp³-hybridized carbons (Fsp3) is 0.231. The first-order chi connectivity index (χ1) is 16.2. The Kier molecular flexibility index (Phi) is 5.11. The maximum atomic E-state index is 13.7. The highest BCUT2D eigenvalue weighted by Crippen LogP contribution is 2.51. The standard InChI is InChI=1S/C26H19F3O5/c27-26(28,29)20-7-1-15(11-19(20)16-2-4-17(5-3-16)24(31)32)12-23(30)25(9-10-25)18-6-8-21-22(13-18)34-14-33-21/h1-8,11,13H,9-10,12,14H2,(H,31,32). The van der Waals surface area contributed by atoms with E-state index >= 15 is 0 Å². The molecule has 3 aromatic carbocycles. The summed E-state index contributed by atoms with van der Waals surface area (Å²) in [6, 6.07) is 14.3. The van der Waals surface area contributed by atoms with Crippen molar-refractivity contribution in [3.8, 4) is 22.6 Å². The van der Waals surface area contributed by atoms with Gasteiger partial charge in [0.05, 0.1) is 16.5 Å². The molecule has 3 aromatic rings. The summed E-state index contributed by atoms with van der Waals surface area (Å²) in [4.78, 5) is 24.4. The number of ketones is 1. The number of fused-ring (bicyclic) bond motifs is 1. The number of carbonyl (C=O) groups is 2. The summed E-state index contributed by atoms with van der Waals surface area (Å²) in [6.07, 6.45) is -3.30. The molecule has 5 nitrogen and oxygen atoms in total. The monoisotopic (exact) mass is 468 g/mol. The number of Topliss-reactive ketones (excluding diaryl/α,β-unsaturated/α-hetero) is 1. The minimum absolute atomic E-state index is 0.0210. The highest BCUT2D eigenvalue weighted by atomic mass is 19.4. The third kappa shape index (κ3) is 3.89. The van der Waals surface area contributed by atoms with Crippen LogP contribution in [0.1, 0.15) is 39.9 Å². The minimum Gasteiger partial charge on any atom is -0.478 e. The summed E-state index contributed by atoms with van der Waals surface area (Å²) in [5.74, 6) is -0.0370. The molecule has 0 bridgehead atoms. The molecule has 0 saturated heterocycles. The van der Waals surface area contributed by atoms with Gasteiger partial charge in [-0.05, 0) is 65.4 Å². The lowest BCUT2D eigenvalue weighted by atomic mass is 9.86. The van der Waals surface area contributed by atoms with Crippen molar-refractivity contribution in [3.63, 3.8) is 0 Å². The molecule has 1 N–H and O–H groups in total. The zero-order chi connectivity index (χ0) is 24.1. The summed E-state index contributed by atoms with van der Waals surface area (Å²) < 4.78 is 51.8. The number of alkyl halides is 3. The number of hydrogen-bond acceptors (Lipinski definition) is 4. The van der Waals surface area contributed by atoms with Gasteiger partial charge in [0.15, 0.2) is 11.5 Å². The van der Waals surface area contributed by atoms with E-state index in [1.165, 1.54) is 36.4 Å². The highest BCUT2D eigenvalue weighted by Gasteiger charge is 2.50. The van der Waals surface area contributed by atoms with E-state index < -0.39 is 23.1 Å². The predicted molar refractivity (Wildman–Crippen MR) is 116 cm³/mol. The van der Waals surface area contributed by atoms with Gasteiger partial charge in [0.2, 0.25) is 6.79 Å². The summed E-state index contributed by atoms with van der Waals surface area (Å²) >= 11 is 0. The van der Waals surface area contributed by atoms with Crippen LogP contribution in [0.5, 0.6) is 11.5 Å². The fourth-order valence-corrected chi connectivity index (χ4v) is 4.38. The number of hydrogen-bond donors (Lipinski definition) is 1. The van der Waals surface area contributed by atoms with Crippen LogP contribution in [0.4, 0.5) is 13.2 Å². The normalized spacial score (nSPS) is 15.7. The van der Waals surface area contributed by atoms with E-state index in [-0.39, 0.29) is 35.7 Å². The van der Waals surface area contributed by atoms with Crippen LogP contribution in [0.2, 0.25) is 0 Å². The van der Waals surface area contributed by atoms with Crippen molar-refractivity contribution in [1.29, 1.82) is 0 Å². The van der Waals surface area contributed by atoms with Crippen LogP contribution < -0.4 is 9.47 Å². The van der Waals surface area contributed by atoms with Crippen LogP contribution in [-0.4, -0.2) is 23.7 Å². The second kappa shape index (κ2) is 7.90. The number of rotatable bonds is 6. The van der Waals surface area contributed by atoms with Crippen LogP contribution in [0, 0.1) is 0 Å². The van der Waals surface area contributed by atoms with Gasteiger partial charge in [0.25, 0.3) is 0 Å². The summed E-state index contributed by atoms with van der Waals surface area (Å²) in [5, 5.41) is 9.07. The van der Waals surface area contributed by atoms with Gasteiger partial charge in [0.1, 0.15) is 5.78 Å². The summed E-state index contributed by atoms with van der Waals surface area (Å²) in [5.41, 5.74) is -0.133. The maximum Gasteiger partial charge on any atom is 0.417 e. The average molecular weight is 468 g/mol. The molecule has 0 atom stereocenters. The topological polar surface area (TPSA) is 72.8 Å². The molecule has 0 radical (unpaired) electrons. The summed E-state index contributed by atoms with van der Waals surface area (Å²) in [6.45, 7) is 0.126. The quantitative estimate of drug-likeness (QED) is 0.507. The molecule has 1 aliphatic carbocycles. The molecular weight excluding hydrogens is 449 g/mol. The number of carbonyl (C=O) groups excluding carboxylic acids is 1. The predicted octanol–water partition coefficient (Wildman–Crippen LogP) is 5.64. The van der Waals surface area contributed by atoms with Crippen molar-refractivity contribution in [2.75, 3.05) is 6.79 Å². The Morgan fingerprint density at radius 2 is 1.62 bits per heavy atom. The molecular formula is C26H19F3O5. The van der Waals surface area contributed by atoms with Crippen molar-refractivity contribution >= 4 is 11.8 Å². The lowest BCUT2D eigenvalue weighted by Gasteiger charge is -2.17. The van der Waals surface area contributed by atoms with Gasteiger partial charge in [-0.3, -0.25) is 4.79 Å². The molecule has 0 spiro atoms. The molecule has 34 heavy (non-hydrogen) atoms. The molecule has 1 aliphatic heterocycles. The van der Waals surface area contributed by atoms with E-state index in [1.807, 2.05) is 6.07 Å². The Balaban J connectivity index is 1.46. The number of halogens is 3. The van der Waals surface area contributed by atoms with Gasteiger partial charge < -0.3 is 14.6 Å². The van der Waals surface area contributed by atoms with Gasteiger partial charge in [-0.1, -0.05) is 30.3 Å². The van der Waals surface area contributed by atoms with Crippen molar-refractivity contribution in [3.05, 3.63) is 82.9 Å². The Morgan fingerprint density at radius 1 is 0.912 bits per heavy atom.